The van der Waals surface area contributed by atoms with Crippen LogP contribution < -0.4 is 16.0 Å². The average Bonchev–Trinajstić information content (AvgIpc) is 3.01. The van der Waals surface area contributed by atoms with Crippen molar-refractivity contribution in [2.45, 2.75) is 43.0 Å². The van der Waals surface area contributed by atoms with Gasteiger partial charge in [0, 0.05) is 31.2 Å². The van der Waals surface area contributed by atoms with Crippen molar-refractivity contribution in [1.29, 1.82) is 0 Å². The molecule has 2 saturated heterocycles. The summed E-state index contributed by atoms with van der Waals surface area (Å²) in [6.45, 7) is 3.27. The Balaban J connectivity index is 1.44. The molecule has 4 atom stereocenters. The van der Waals surface area contributed by atoms with E-state index < -0.39 is 11.4 Å². The van der Waals surface area contributed by atoms with Crippen LogP contribution in [-0.4, -0.2) is 57.7 Å². The third kappa shape index (κ3) is 3.95. The van der Waals surface area contributed by atoms with Crippen molar-refractivity contribution in [1.82, 2.24) is 15.5 Å². The summed E-state index contributed by atoms with van der Waals surface area (Å²) in [6, 6.07) is 5.48. The number of β-amino-alcohol motifs (C(OH)–C–C–N with tert-alkyl or cyclic N) is 1. The Kier molecular flexibility index (Phi) is 5.20. The average molecular weight is 404 g/mol. The number of carbonyl (C=O) groups excluding carboxylic acids is 3. The normalized spacial score (nSPS) is 29.8. The van der Waals surface area contributed by atoms with Gasteiger partial charge in [0.15, 0.2) is 0 Å². The van der Waals surface area contributed by atoms with Crippen molar-refractivity contribution in [3.05, 3.63) is 29.3 Å². The lowest BCUT2D eigenvalue weighted by Gasteiger charge is -2.38. The van der Waals surface area contributed by atoms with Crippen molar-refractivity contribution in [3.63, 3.8) is 0 Å². The first-order chi connectivity index (χ1) is 13.4. The van der Waals surface area contributed by atoms with Crippen LogP contribution in [0.3, 0.4) is 0 Å². The molecule has 4 amide bonds. The van der Waals surface area contributed by atoms with E-state index in [0.29, 0.717) is 25.9 Å². The van der Waals surface area contributed by atoms with Gasteiger partial charge in [0.2, 0.25) is 11.8 Å². The summed E-state index contributed by atoms with van der Waals surface area (Å²) in [4.78, 5) is 37.8. The number of thioether (sulfide) groups is 1. The maximum atomic E-state index is 13.0. The maximum Gasteiger partial charge on any atom is 0.315 e. The molecule has 0 spiro atoms. The molecular weight excluding hydrogens is 380 g/mol. The molecule has 4 rings (SSSR count). The molecule has 3 aliphatic rings. The highest BCUT2D eigenvalue weighted by Crippen LogP contribution is 2.32. The van der Waals surface area contributed by atoms with Crippen molar-refractivity contribution in [3.8, 4) is 0 Å². The van der Waals surface area contributed by atoms with Gasteiger partial charge in [-0.05, 0) is 23.6 Å². The number of aliphatic hydroxyl groups excluding tert-OH is 1. The number of aliphatic hydroxyl groups is 1. The first-order valence-electron chi connectivity index (χ1n) is 9.47. The van der Waals surface area contributed by atoms with Crippen LogP contribution in [0.5, 0.6) is 0 Å². The number of piperidine rings is 1. The van der Waals surface area contributed by atoms with Crippen molar-refractivity contribution >= 4 is 35.3 Å². The molecule has 0 aromatic heterocycles. The molecule has 28 heavy (non-hydrogen) atoms. The van der Waals surface area contributed by atoms with Gasteiger partial charge in [-0.25, -0.2) is 4.79 Å². The smallest absolute Gasteiger partial charge is 0.315 e. The Morgan fingerprint density at radius 2 is 2.11 bits per heavy atom. The number of likely N-dealkylation sites (tertiary alicyclic amines) is 1. The number of nitrogens with one attached hydrogen (secondary N) is 3. The Morgan fingerprint density at radius 3 is 2.93 bits per heavy atom. The highest BCUT2D eigenvalue weighted by atomic mass is 32.2. The Morgan fingerprint density at radius 1 is 1.29 bits per heavy atom. The van der Waals surface area contributed by atoms with E-state index in [0.717, 1.165) is 16.8 Å². The SMILES string of the molecule is CC1CNC(=O)NC1SC1CC(O)CN(Cc2ccc3c(c2)CC(=O)N3)C1=O. The maximum absolute atomic E-state index is 13.0. The summed E-state index contributed by atoms with van der Waals surface area (Å²) in [5.74, 6) is 0.140. The van der Waals surface area contributed by atoms with Crippen LogP contribution in [0.15, 0.2) is 18.2 Å². The molecule has 3 aliphatic heterocycles. The van der Waals surface area contributed by atoms with E-state index >= 15 is 0 Å². The van der Waals surface area contributed by atoms with Gasteiger partial charge in [-0.1, -0.05) is 19.1 Å². The second-order valence-corrected chi connectivity index (χ2v) is 9.05. The number of benzene rings is 1. The standard InChI is InChI=1S/C19H24N4O4S/c1-10-7-20-19(27)22-17(10)28-15-6-13(24)9-23(18(15)26)8-11-2-3-14-12(4-11)5-16(25)21-14/h2-4,10,13,15,17,24H,5-9H2,1H3,(H,21,25)(H2,20,22,27). The minimum absolute atomic E-state index is 0.0220. The number of hydrogen-bond acceptors (Lipinski definition) is 5. The molecule has 0 bridgehead atoms. The van der Waals surface area contributed by atoms with Crippen LogP contribution in [0, 0.1) is 5.92 Å². The van der Waals surface area contributed by atoms with E-state index in [1.165, 1.54) is 11.8 Å². The molecule has 1 aromatic carbocycles. The molecule has 0 saturated carbocycles. The second kappa shape index (κ2) is 7.63. The van der Waals surface area contributed by atoms with E-state index in [1.807, 2.05) is 25.1 Å². The van der Waals surface area contributed by atoms with Gasteiger partial charge in [-0.15, -0.1) is 11.8 Å². The van der Waals surface area contributed by atoms with E-state index in [4.69, 9.17) is 0 Å². The van der Waals surface area contributed by atoms with Crippen molar-refractivity contribution < 1.29 is 19.5 Å². The van der Waals surface area contributed by atoms with Gasteiger partial charge in [0.05, 0.1) is 23.1 Å². The highest BCUT2D eigenvalue weighted by molar-refractivity contribution is 8.01. The predicted molar refractivity (Wildman–Crippen MR) is 106 cm³/mol. The molecule has 9 heteroatoms. The first-order valence-corrected chi connectivity index (χ1v) is 10.4. The largest absolute Gasteiger partial charge is 0.391 e. The zero-order chi connectivity index (χ0) is 19.8. The van der Waals surface area contributed by atoms with Gasteiger partial charge >= 0.3 is 6.03 Å². The molecule has 0 aliphatic carbocycles. The fourth-order valence-corrected chi connectivity index (χ4v) is 5.35. The fraction of sp³-hybridized carbons (Fsp3) is 0.526. The summed E-state index contributed by atoms with van der Waals surface area (Å²) < 4.78 is 0. The summed E-state index contributed by atoms with van der Waals surface area (Å²) in [5, 5.41) is 18.2. The predicted octanol–water partition coefficient (Wildman–Crippen LogP) is 0.651. The zero-order valence-electron chi connectivity index (χ0n) is 15.6. The van der Waals surface area contributed by atoms with Crippen LogP contribution in [-0.2, 0) is 22.6 Å². The van der Waals surface area contributed by atoms with E-state index in [2.05, 4.69) is 16.0 Å². The fourth-order valence-electron chi connectivity index (χ4n) is 3.86. The monoisotopic (exact) mass is 404 g/mol. The van der Waals surface area contributed by atoms with Crippen LogP contribution in [0.2, 0.25) is 0 Å². The van der Waals surface area contributed by atoms with Gasteiger partial charge in [0.25, 0.3) is 0 Å². The number of anilines is 1. The van der Waals surface area contributed by atoms with Crippen LogP contribution in [0.25, 0.3) is 0 Å². The number of rotatable bonds is 4. The summed E-state index contributed by atoms with van der Waals surface area (Å²) >= 11 is 1.42. The third-order valence-corrected chi connectivity index (χ3v) is 6.96. The van der Waals surface area contributed by atoms with E-state index in [1.54, 1.807) is 4.90 Å². The minimum atomic E-state index is -0.597. The molecule has 150 valence electrons. The number of nitrogens with zero attached hydrogens (tertiary/aromatic N) is 1. The minimum Gasteiger partial charge on any atom is -0.391 e. The number of carbonyl (C=O) groups is 3. The molecule has 4 unspecified atom stereocenters. The van der Waals surface area contributed by atoms with Crippen molar-refractivity contribution in [2.75, 3.05) is 18.4 Å². The molecular formula is C19H24N4O4S. The van der Waals surface area contributed by atoms with Crippen LogP contribution in [0.4, 0.5) is 10.5 Å². The number of amides is 4. The lowest BCUT2D eigenvalue weighted by molar-refractivity contribution is -0.136. The molecule has 2 fully saturated rings. The second-order valence-electron chi connectivity index (χ2n) is 7.70. The molecule has 0 radical (unpaired) electrons. The van der Waals surface area contributed by atoms with Crippen LogP contribution in [0.1, 0.15) is 24.5 Å². The quantitative estimate of drug-likeness (QED) is 0.589. The molecule has 8 nitrogen and oxygen atoms in total. The van der Waals surface area contributed by atoms with E-state index in [9.17, 15) is 19.5 Å². The zero-order valence-corrected chi connectivity index (χ0v) is 16.4. The molecule has 3 heterocycles. The highest BCUT2D eigenvalue weighted by Gasteiger charge is 2.38. The summed E-state index contributed by atoms with van der Waals surface area (Å²) in [7, 11) is 0. The van der Waals surface area contributed by atoms with Gasteiger partial charge in [-0.3, -0.25) is 9.59 Å². The first kappa shape index (κ1) is 19.1. The third-order valence-electron chi connectivity index (χ3n) is 5.36. The van der Waals surface area contributed by atoms with Crippen LogP contribution >= 0.6 is 11.8 Å². The van der Waals surface area contributed by atoms with E-state index in [-0.39, 0.29) is 35.7 Å². The van der Waals surface area contributed by atoms with Crippen molar-refractivity contribution in [2.24, 2.45) is 5.92 Å². The summed E-state index contributed by atoms with van der Waals surface area (Å²) in [5.41, 5.74) is 2.69. The topological polar surface area (TPSA) is 111 Å². The number of hydrogen-bond donors (Lipinski definition) is 4. The Hall–Kier alpha value is -2.26. The van der Waals surface area contributed by atoms with Gasteiger partial charge in [0.1, 0.15) is 0 Å². The molecule has 1 aromatic rings. The Bertz CT molecular complexity index is 817. The van der Waals surface area contributed by atoms with Gasteiger partial charge < -0.3 is 26.0 Å². The Labute approximate surface area is 167 Å². The number of fused-ring (bicyclic) bond motifs is 1. The summed E-state index contributed by atoms with van der Waals surface area (Å²) in [6.07, 6.45) is 0.140. The lowest BCUT2D eigenvalue weighted by Crippen LogP contribution is -2.55. The lowest BCUT2D eigenvalue weighted by atomic mass is 10.0. The number of urea groups is 1. The van der Waals surface area contributed by atoms with Gasteiger partial charge in [-0.2, -0.15) is 0 Å². The molecule has 4 N–H and O–H groups in total.